The van der Waals surface area contributed by atoms with Crippen LogP contribution in [0.25, 0.3) is 0 Å². The summed E-state index contributed by atoms with van der Waals surface area (Å²) in [4.78, 5) is 12.1. The fourth-order valence-corrected chi connectivity index (χ4v) is 1.78. The summed E-state index contributed by atoms with van der Waals surface area (Å²) in [5.41, 5.74) is 0.296. The monoisotopic (exact) mass is 304 g/mol. The van der Waals surface area contributed by atoms with Crippen molar-refractivity contribution in [2.75, 3.05) is 5.32 Å². The standard InChI is InChI=1S/C14H13ClN4O2/c1-9(21-12-5-3-11(15)4-6-12)14(20)18-13-10(7-16)8-17-19(13)2/h3-6,8-9H,1-2H3,(H,18,20). The molecule has 0 bridgehead atoms. The highest BCUT2D eigenvalue weighted by Crippen LogP contribution is 2.18. The largest absolute Gasteiger partial charge is 0.481 e. The smallest absolute Gasteiger partial charge is 0.266 e. The molecule has 21 heavy (non-hydrogen) atoms. The van der Waals surface area contributed by atoms with Gasteiger partial charge in [-0.2, -0.15) is 10.4 Å². The number of carbonyl (C=O) groups excluding carboxylic acids is 1. The Balaban J connectivity index is 2.04. The molecule has 0 saturated carbocycles. The summed E-state index contributed by atoms with van der Waals surface area (Å²) >= 11 is 5.78. The summed E-state index contributed by atoms with van der Waals surface area (Å²) in [6.07, 6.45) is 0.660. The van der Waals surface area contributed by atoms with Crippen molar-refractivity contribution in [2.45, 2.75) is 13.0 Å². The van der Waals surface area contributed by atoms with Crippen molar-refractivity contribution in [3.63, 3.8) is 0 Å². The van der Waals surface area contributed by atoms with Gasteiger partial charge in [-0.3, -0.25) is 9.48 Å². The Hall–Kier alpha value is -2.52. The van der Waals surface area contributed by atoms with Crippen LogP contribution in [0.15, 0.2) is 30.5 Å². The topological polar surface area (TPSA) is 79.9 Å². The van der Waals surface area contributed by atoms with E-state index in [4.69, 9.17) is 21.6 Å². The van der Waals surface area contributed by atoms with Crippen molar-refractivity contribution >= 4 is 23.3 Å². The second-order valence-corrected chi connectivity index (χ2v) is 4.78. The fourth-order valence-electron chi connectivity index (χ4n) is 1.66. The molecule has 1 aromatic carbocycles. The van der Waals surface area contributed by atoms with Gasteiger partial charge in [0.1, 0.15) is 23.2 Å². The Bertz CT molecular complexity index is 688. The Kier molecular flexibility index (Phi) is 4.45. The molecule has 0 aliphatic rings. The molecule has 1 amide bonds. The fraction of sp³-hybridized carbons (Fsp3) is 0.214. The van der Waals surface area contributed by atoms with Crippen LogP contribution in [0.1, 0.15) is 12.5 Å². The summed E-state index contributed by atoms with van der Waals surface area (Å²) in [6, 6.07) is 8.67. The Morgan fingerprint density at radius 1 is 1.48 bits per heavy atom. The van der Waals surface area contributed by atoms with E-state index in [0.717, 1.165) is 0 Å². The number of anilines is 1. The highest BCUT2D eigenvalue weighted by Gasteiger charge is 2.18. The van der Waals surface area contributed by atoms with Gasteiger partial charge in [-0.15, -0.1) is 0 Å². The molecule has 0 saturated heterocycles. The molecule has 0 spiro atoms. The number of ether oxygens (including phenoxy) is 1. The molecule has 0 fully saturated rings. The Labute approximate surface area is 126 Å². The highest BCUT2D eigenvalue weighted by atomic mass is 35.5. The second-order valence-electron chi connectivity index (χ2n) is 4.35. The predicted octanol–water partition coefficient (Wildman–Crippen LogP) is 2.35. The van der Waals surface area contributed by atoms with E-state index in [9.17, 15) is 4.79 Å². The molecule has 0 aliphatic heterocycles. The molecule has 1 atom stereocenters. The van der Waals surface area contributed by atoms with E-state index < -0.39 is 6.10 Å². The predicted molar refractivity (Wildman–Crippen MR) is 78.1 cm³/mol. The summed E-state index contributed by atoms with van der Waals surface area (Å²) in [7, 11) is 1.64. The molecule has 0 aliphatic carbocycles. The molecular formula is C14H13ClN4O2. The van der Waals surface area contributed by atoms with Gasteiger partial charge in [0.15, 0.2) is 6.10 Å². The third-order valence-corrected chi connectivity index (χ3v) is 3.05. The van der Waals surface area contributed by atoms with Crippen LogP contribution in [0.2, 0.25) is 5.02 Å². The van der Waals surface area contributed by atoms with Gasteiger partial charge >= 0.3 is 0 Å². The lowest BCUT2D eigenvalue weighted by atomic mass is 10.3. The average Bonchev–Trinajstić information content (AvgIpc) is 2.82. The van der Waals surface area contributed by atoms with E-state index in [1.165, 1.54) is 10.9 Å². The van der Waals surface area contributed by atoms with Gasteiger partial charge in [-0.25, -0.2) is 0 Å². The molecule has 1 aromatic heterocycles. The first-order valence-corrected chi connectivity index (χ1v) is 6.54. The van der Waals surface area contributed by atoms with Crippen LogP contribution in [0.5, 0.6) is 5.75 Å². The minimum atomic E-state index is -0.729. The van der Waals surface area contributed by atoms with Gasteiger partial charge in [-0.1, -0.05) is 11.6 Å². The molecule has 1 heterocycles. The third-order valence-electron chi connectivity index (χ3n) is 2.80. The van der Waals surface area contributed by atoms with E-state index >= 15 is 0 Å². The summed E-state index contributed by atoms with van der Waals surface area (Å²) < 4.78 is 6.93. The summed E-state index contributed by atoms with van der Waals surface area (Å²) in [5, 5.41) is 16.1. The van der Waals surface area contributed by atoms with Gasteiger partial charge in [0.2, 0.25) is 0 Å². The number of halogens is 1. The first kappa shape index (κ1) is 14.9. The van der Waals surface area contributed by atoms with Crippen LogP contribution in [-0.4, -0.2) is 21.8 Å². The molecule has 6 nitrogen and oxygen atoms in total. The molecule has 2 aromatic rings. The zero-order chi connectivity index (χ0) is 15.4. The van der Waals surface area contributed by atoms with Crippen LogP contribution in [0, 0.1) is 11.3 Å². The lowest BCUT2D eigenvalue weighted by Crippen LogP contribution is -2.31. The van der Waals surface area contributed by atoms with Crippen LogP contribution in [0.3, 0.4) is 0 Å². The summed E-state index contributed by atoms with van der Waals surface area (Å²) in [5.74, 6) is 0.506. The minimum absolute atomic E-state index is 0.296. The maximum atomic E-state index is 12.1. The third kappa shape index (κ3) is 3.52. The zero-order valence-corrected chi connectivity index (χ0v) is 12.3. The number of carbonyl (C=O) groups is 1. The Morgan fingerprint density at radius 3 is 2.76 bits per heavy atom. The van der Waals surface area contributed by atoms with Crippen molar-refractivity contribution in [2.24, 2.45) is 7.05 Å². The van der Waals surface area contributed by atoms with E-state index in [0.29, 0.717) is 22.2 Å². The molecule has 7 heteroatoms. The number of rotatable bonds is 4. The lowest BCUT2D eigenvalue weighted by molar-refractivity contribution is -0.122. The van der Waals surface area contributed by atoms with Crippen molar-refractivity contribution in [3.05, 3.63) is 41.0 Å². The number of aryl methyl sites for hydroxylation is 1. The lowest BCUT2D eigenvalue weighted by Gasteiger charge is -2.15. The van der Waals surface area contributed by atoms with Crippen molar-refractivity contribution in [1.82, 2.24) is 9.78 Å². The van der Waals surface area contributed by atoms with Gasteiger partial charge in [0.25, 0.3) is 5.91 Å². The molecule has 1 N–H and O–H groups in total. The van der Waals surface area contributed by atoms with E-state index in [1.54, 1.807) is 38.2 Å². The molecular weight excluding hydrogens is 292 g/mol. The summed E-state index contributed by atoms with van der Waals surface area (Å²) in [6.45, 7) is 1.62. The molecule has 1 unspecified atom stereocenters. The van der Waals surface area contributed by atoms with Crippen molar-refractivity contribution < 1.29 is 9.53 Å². The van der Waals surface area contributed by atoms with Gasteiger partial charge in [0.05, 0.1) is 6.20 Å². The second kappa shape index (κ2) is 6.29. The first-order chi connectivity index (χ1) is 10.0. The number of aromatic nitrogens is 2. The molecule has 108 valence electrons. The van der Waals surface area contributed by atoms with Gasteiger partial charge < -0.3 is 10.1 Å². The number of nitrogens with zero attached hydrogens (tertiary/aromatic N) is 3. The normalized spacial score (nSPS) is 11.5. The van der Waals surface area contributed by atoms with Crippen LogP contribution in [0.4, 0.5) is 5.82 Å². The van der Waals surface area contributed by atoms with Crippen LogP contribution >= 0.6 is 11.6 Å². The number of amides is 1. The molecule has 0 radical (unpaired) electrons. The minimum Gasteiger partial charge on any atom is -0.481 e. The van der Waals surface area contributed by atoms with E-state index in [-0.39, 0.29) is 5.91 Å². The number of hydrogen-bond donors (Lipinski definition) is 1. The number of benzene rings is 1. The van der Waals surface area contributed by atoms with E-state index in [2.05, 4.69) is 10.4 Å². The van der Waals surface area contributed by atoms with Gasteiger partial charge in [0, 0.05) is 12.1 Å². The molecule has 2 rings (SSSR count). The van der Waals surface area contributed by atoms with Crippen molar-refractivity contribution in [3.8, 4) is 11.8 Å². The quantitative estimate of drug-likeness (QED) is 0.940. The number of hydrogen-bond acceptors (Lipinski definition) is 4. The number of nitriles is 1. The van der Waals surface area contributed by atoms with Gasteiger partial charge in [-0.05, 0) is 31.2 Å². The highest BCUT2D eigenvalue weighted by molar-refractivity contribution is 6.30. The average molecular weight is 305 g/mol. The van der Waals surface area contributed by atoms with E-state index in [1.807, 2.05) is 6.07 Å². The SMILES string of the molecule is CC(Oc1ccc(Cl)cc1)C(=O)Nc1c(C#N)cnn1C. The van der Waals surface area contributed by atoms with Crippen molar-refractivity contribution in [1.29, 1.82) is 5.26 Å². The Morgan fingerprint density at radius 2 is 2.14 bits per heavy atom. The maximum Gasteiger partial charge on any atom is 0.266 e. The zero-order valence-electron chi connectivity index (χ0n) is 11.5. The number of nitrogens with one attached hydrogen (secondary N) is 1. The van der Waals surface area contributed by atoms with Crippen LogP contribution < -0.4 is 10.1 Å². The van der Waals surface area contributed by atoms with Crippen LogP contribution in [-0.2, 0) is 11.8 Å². The first-order valence-electron chi connectivity index (χ1n) is 6.16. The maximum absolute atomic E-state index is 12.1.